The number of para-hydroxylation sites is 1. The van der Waals surface area contributed by atoms with Crippen molar-refractivity contribution in [2.45, 2.75) is 13.3 Å². The minimum absolute atomic E-state index is 0.00524. The van der Waals surface area contributed by atoms with Crippen LogP contribution in [0, 0.1) is 5.92 Å². The van der Waals surface area contributed by atoms with Crippen molar-refractivity contribution in [2.24, 2.45) is 5.92 Å². The highest BCUT2D eigenvalue weighted by molar-refractivity contribution is 7.15. The molecule has 1 aromatic carbocycles. The number of anilines is 1. The van der Waals surface area contributed by atoms with Gasteiger partial charge in [-0.1, -0.05) is 18.2 Å². The number of carbonyl (C=O) groups is 2. The number of ketones is 1. The fourth-order valence-electron chi connectivity index (χ4n) is 3.16. The maximum absolute atomic E-state index is 12.5. The second-order valence-electron chi connectivity index (χ2n) is 6.34. The van der Waals surface area contributed by atoms with Gasteiger partial charge in [0.05, 0.1) is 9.75 Å². The van der Waals surface area contributed by atoms with Crippen LogP contribution in [0.15, 0.2) is 42.5 Å². The lowest BCUT2D eigenvalue weighted by atomic mass is 10.1. The molecule has 4 nitrogen and oxygen atoms in total. The van der Waals surface area contributed by atoms with Gasteiger partial charge in [-0.15, -0.1) is 11.3 Å². The summed E-state index contributed by atoms with van der Waals surface area (Å²) in [6, 6.07) is 13.9. The predicted octanol–water partition coefficient (Wildman–Crippen LogP) is 3.55. The number of rotatable bonds is 5. The molecule has 0 aliphatic carbocycles. The predicted molar refractivity (Wildman–Crippen MR) is 98.0 cm³/mol. The van der Waals surface area contributed by atoms with Crippen molar-refractivity contribution in [2.75, 3.05) is 31.6 Å². The molecular formula is C19H22N2O2S. The highest BCUT2D eigenvalue weighted by Gasteiger charge is 2.26. The second kappa shape index (κ2) is 7.18. The Balaban J connectivity index is 1.57. The van der Waals surface area contributed by atoms with E-state index in [9.17, 15) is 9.59 Å². The van der Waals surface area contributed by atoms with Crippen LogP contribution < -0.4 is 4.90 Å². The van der Waals surface area contributed by atoms with Gasteiger partial charge in [0, 0.05) is 32.4 Å². The van der Waals surface area contributed by atoms with E-state index in [2.05, 4.69) is 29.2 Å². The lowest BCUT2D eigenvalue weighted by Crippen LogP contribution is -2.32. The molecule has 0 radical (unpaired) electrons. The van der Waals surface area contributed by atoms with E-state index in [4.69, 9.17) is 0 Å². The summed E-state index contributed by atoms with van der Waals surface area (Å²) in [5, 5.41) is 0. The van der Waals surface area contributed by atoms with E-state index in [1.165, 1.54) is 23.9 Å². The normalized spacial score (nSPS) is 17.1. The van der Waals surface area contributed by atoms with Crippen LogP contribution in [0.3, 0.4) is 0 Å². The third kappa shape index (κ3) is 3.67. The Kier molecular flexibility index (Phi) is 5.00. The highest BCUT2D eigenvalue weighted by atomic mass is 32.1. The summed E-state index contributed by atoms with van der Waals surface area (Å²) in [5.41, 5.74) is 1.25. The first-order chi connectivity index (χ1) is 11.5. The lowest BCUT2D eigenvalue weighted by molar-refractivity contribution is 0.0781. The summed E-state index contributed by atoms with van der Waals surface area (Å²) in [6.07, 6.45) is 1.09. The van der Waals surface area contributed by atoms with Gasteiger partial charge in [-0.25, -0.2) is 0 Å². The average Bonchev–Trinajstić information content (AvgIpc) is 3.24. The number of Topliss-reactive ketones (excluding diaryl/α,β-unsaturated/α-hetero) is 1. The van der Waals surface area contributed by atoms with Crippen molar-refractivity contribution < 1.29 is 9.59 Å². The molecule has 5 heteroatoms. The van der Waals surface area contributed by atoms with Gasteiger partial charge in [0.2, 0.25) is 0 Å². The van der Waals surface area contributed by atoms with Crippen molar-refractivity contribution in [1.82, 2.24) is 4.90 Å². The largest absolute Gasteiger partial charge is 0.371 e. The number of thiophene rings is 1. The molecule has 1 fully saturated rings. The Labute approximate surface area is 146 Å². The van der Waals surface area contributed by atoms with Gasteiger partial charge in [-0.3, -0.25) is 9.59 Å². The molecule has 1 aliphatic rings. The van der Waals surface area contributed by atoms with Gasteiger partial charge >= 0.3 is 0 Å². The summed E-state index contributed by atoms with van der Waals surface area (Å²) < 4.78 is 0. The van der Waals surface area contributed by atoms with Gasteiger partial charge in [0.1, 0.15) is 0 Å². The van der Waals surface area contributed by atoms with Gasteiger partial charge in [-0.2, -0.15) is 0 Å². The summed E-state index contributed by atoms with van der Waals surface area (Å²) in [7, 11) is 1.85. The number of hydrogen-bond acceptors (Lipinski definition) is 4. The Morgan fingerprint density at radius 3 is 2.54 bits per heavy atom. The van der Waals surface area contributed by atoms with E-state index in [-0.39, 0.29) is 11.7 Å². The summed E-state index contributed by atoms with van der Waals surface area (Å²) in [6.45, 7) is 4.28. The maximum atomic E-state index is 12.5. The summed E-state index contributed by atoms with van der Waals surface area (Å²) in [5.74, 6) is 0.494. The molecule has 0 N–H and O–H groups in total. The number of nitrogens with zero attached hydrogens (tertiary/aromatic N) is 2. The summed E-state index contributed by atoms with van der Waals surface area (Å²) >= 11 is 1.28. The Hall–Kier alpha value is -2.14. The summed E-state index contributed by atoms with van der Waals surface area (Å²) in [4.78, 5) is 29.4. The maximum Gasteiger partial charge on any atom is 0.263 e. The van der Waals surface area contributed by atoms with Crippen LogP contribution in [-0.2, 0) is 0 Å². The molecule has 0 spiro atoms. The first-order valence-electron chi connectivity index (χ1n) is 8.21. The molecule has 1 aromatic heterocycles. The number of hydrogen-bond donors (Lipinski definition) is 0. The van der Waals surface area contributed by atoms with Crippen molar-refractivity contribution in [3.05, 3.63) is 52.2 Å². The molecule has 1 amide bonds. The zero-order chi connectivity index (χ0) is 17.1. The van der Waals surface area contributed by atoms with E-state index >= 15 is 0 Å². The van der Waals surface area contributed by atoms with E-state index in [0.717, 1.165) is 26.1 Å². The SMILES string of the molecule is CC(=O)c1ccc(C(=O)N(C)C[C@@H]2CCN(c3ccccc3)C2)s1. The van der Waals surface area contributed by atoms with Gasteiger partial charge < -0.3 is 9.80 Å². The molecule has 1 atom stereocenters. The molecule has 0 unspecified atom stereocenters. The molecule has 2 aromatic rings. The van der Waals surface area contributed by atoms with E-state index in [1.807, 2.05) is 13.1 Å². The zero-order valence-corrected chi connectivity index (χ0v) is 14.9. The standard InChI is InChI=1S/C19H22N2O2S/c1-14(22)17-8-9-18(24-17)19(23)20(2)12-15-10-11-21(13-15)16-6-4-3-5-7-16/h3-9,15H,10-13H2,1-2H3/t15-/m0/s1. The van der Waals surface area contributed by atoms with Crippen LogP contribution in [-0.4, -0.2) is 43.3 Å². The molecule has 126 valence electrons. The number of benzene rings is 1. The molecule has 2 heterocycles. The molecule has 0 bridgehead atoms. The first-order valence-corrected chi connectivity index (χ1v) is 9.02. The monoisotopic (exact) mass is 342 g/mol. The molecule has 0 saturated carbocycles. The van der Waals surface area contributed by atoms with Crippen molar-refractivity contribution in [1.29, 1.82) is 0 Å². The average molecular weight is 342 g/mol. The molecule has 1 aliphatic heterocycles. The highest BCUT2D eigenvalue weighted by Crippen LogP contribution is 2.25. The number of amides is 1. The Morgan fingerprint density at radius 2 is 1.88 bits per heavy atom. The van der Waals surface area contributed by atoms with Gasteiger partial charge in [0.15, 0.2) is 5.78 Å². The third-order valence-corrected chi connectivity index (χ3v) is 5.62. The van der Waals surface area contributed by atoms with Gasteiger partial charge in [0.25, 0.3) is 5.91 Å². The Morgan fingerprint density at radius 1 is 1.17 bits per heavy atom. The fourth-order valence-corrected chi connectivity index (χ4v) is 4.05. The van der Waals surface area contributed by atoms with Crippen molar-refractivity contribution >= 4 is 28.7 Å². The topological polar surface area (TPSA) is 40.6 Å². The zero-order valence-electron chi connectivity index (χ0n) is 14.1. The first kappa shape index (κ1) is 16.7. The molecule has 3 rings (SSSR count). The van der Waals surface area contributed by atoms with Crippen molar-refractivity contribution in [3.8, 4) is 0 Å². The van der Waals surface area contributed by atoms with Crippen LogP contribution in [0.5, 0.6) is 0 Å². The minimum Gasteiger partial charge on any atom is -0.371 e. The van der Waals surface area contributed by atoms with Crippen LogP contribution in [0.1, 0.15) is 32.7 Å². The molecular weight excluding hydrogens is 320 g/mol. The minimum atomic E-state index is 0.00524. The second-order valence-corrected chi connectivity index (χ2v) is 7.43. The molecule has 24 heavy (non-hydrogen) atoms. The van der Waals surface area contributed by atoms with Gasteiger partial charge in [-0.05, 0) is 43.5 Å². The van der Waals surface area contributed by atoms with E-state index in [1.54, 1.807) is 17.0 Å². The number of carbonyl (C=O) groups excluding carboxylic acids is 2. The van der Waals surface area contributed by atoms with Crippen LogP contribution in [0.25, 0.3) is 0 Å². The van der Waals surface area contributed by atoms with E-state index < -0.39 is 0 Å². The van der Waals surface area contributed by atoms with Crippen molar-refractivity contribution in [3.63, 3.8) is 0 Å². The van der Waals surface area contributed by atoms with Crippen LogP contribution in [0.4, 0.5) is 5.69 Å². The molecule has 1 saturated heterocycles. The lowest BCUT2D eigenvalue weighted by Gasteiger charge is -2.22. The van der Waals surface area contributed by atoms with Crippen LogP contribution >= 0.6 is 11.3 Å². The Bertz CT molecular complexity index is 726. The fraction of sp³-hybridized carbons (Fsp3) is 0.368. The third-order valence-electron chi connectivity index (χ3n) is 4.45. The van der Waals surface area contributed by atoms with Crippen LogP contribution in [0.2, 0.25) is 0 Å². The smallest absolute Gasteiger partial charge is 0.263 e. The van der Waals surface area contributed by atoms with E-state index in [0.29, 0.717) is 15.7 Å². The quantitative estimate of drug-likeness (QED) is 0.780.